The molecule has 0 saturated heterocycles. The second-order valence-electron chi connectivity index (χ2n) is 7.03. The van der Waals surface area contributed by atoms with E-state index in [1.54, 1.807) is 36.4 Å². The van der Waals surface area contributed by atoms with Gasteiger partial charge in [0.1, 0.15) is 0 Å². The minimum atomic E-state index is -0.348. The van der Waals surface area contributed by atoms with Gasteiger partial charge >= 0.3 is 0 Å². The van der Waals surface area contributed by atoms with Gasteiger partial charge in [-0.15, -0.1) is 0 Å². The van der Waals surface area contributed by atoms with Crippen LogP contribution in [0.15, 0.2) is 82.3 Å². The maximum Gasteiger partial charge on any atom is 0.279 e. The fourth-order valence-corrected chi connectivity index (χ4v) is 4.93. The monoisotopic (exact) mass is 508 g/mol. The summed E-state index contributed by atoms with van der Waals surface area (Å²) in [5.74, 6) is -0.426. The Kier molecular flexibility index (Phi) is 7.09. The first-order valence-corrected chi connectivity index (χ1v) is 11.8. The van der Waals surface area contributed by atoms with E-state index in [2.05, 4.69) is 20.9 Å². The van der Waals surface area contributed by atoms with E-state index in [1.165, 1.54) is 11.3 Å². The number of aromatic nitrogens is 1. The molecule has 0 atom stereocenters. The Morgan fingerprint density at radius 2 is 1.66 bits per heavy atom. The Morgan fingerprint density at radius 1 is 0.969 bits per heavy atom. The van der Waals surface area contributed by atoms with Gasteiger partial charge in [0.2, 0.25) is 0 Å². The van der Waals surface area contributed by atoms with Gasteiger partial charge in [-0.05, 0) is 37.3 Å². The van der Waals surface area contributed by atoms with Crippen LogP contribution >= 0.6 is 27.3 Å². The van der Waals surface area contributed by atoms with Crippen LogP contribution in [0.2, 0.25) is 0 Å². The van der Waals surface area contributed by atoms with E-state index >= 15 is 0 Å². The van der Waals surface area contributed by atoms with Crippen LogP contribution in [0.5, 0.6) is 0 Å². The molecule has 3 aromatic carbocycles. The first-order chi connectivity index (χ1) is 15.6. The topological polar surface area (TPSA) is 60.7 Å². The van der Waals surface area contributed by atoms with Gasteiger partial charge in [0.25, 0.3) is 5.91 Å². The Bertz CT molecular complexity index is 1330. The number of fused-ring (bicyclic) bond motifs is 1. The lowest BCUT2D eigenvalue weighted by atomic mass is 10.0. The molecule has 0 N–H and O–H groups in total. The predicted molar refractivity (Wildman–Crippen MR) is 130 cm³/mol. The highest BCUT2D eigenvalue weighted by atomic mass is 79.9. The zero-order valence-corrected chi connectivity index (χ0v) is 19.9. The number of hydrogen-bond donors (Lipinski definition) is 0. The van der Waals surface area contributed by atoms with Crippen molar-refractivity contribution in [2.24, 2.45) is 4.99 Å². The number of nitrogens with zero attached hydrogens (tertiary/aromatic N) is 2. The number of ether oxygens (including phenoxy) is 1. The molecule has 0 aliphatic carbocycles. The Morgan fingerprint density at radius 3 is 2.38 bits per heavy atom. The molecule has 0 aliphatic rings. The van der Waals surface area contributed by atoms with Crippen LogP contribution in [0.25, 0.3) is 10.2 Å². The number of carbonyl (C=O) groups excluding carboxylic acids is 2. The number of benzene rings is 3. The van der Waals surface area contributed by atoms with Crippen molar-refractivity contribution in [3.05, 3.63) is 98.8 Å². The standard InChI is InChI=1S/C25H21BrN2O3S/c1-2-31-15-14-28-21-13-12-20(26)16-22(21)32-25(28)27-24(30)19-10-8-18(9-11-19)23(29)17-6-4-3-5-7-17/h3-13,16H,2,14-15H2,1H3. The molecule has 0 radical (unpaired) electrons. The fourth-order valence-electron chi connectivity index (χ4n) is 3.32. The lowest BCUT2D eigenvalue weighted by molar-refractivity contribution is 0.0993. The van der Waals surface area contributed by atoms with Crippen molar-refractivity contribution in [3.8, 4) is 0 Å². The van der Waals surface area contributed by atoms with E-state index in [0.29, 0.717) is 41.3 Å². The van der Waals surface area contributed by atoms with Crippen LogP contribution in [-0.4, -0.2) is 29.5 Å². The summed E-state index contributed by atoms with van der Waals surface area (Å²) in [6.45, 7) is 3.73. The van der Waals surface area contributed by atoms with Crippen molar-refractivity contribution in [2.75, 3.05) is 13.2 Å². The molecule has 0 unspecified atom stereocenters. The fraction of sp³-hybridized carbons (Fsp3) is 0.160. The Balaban J connectivity index is 1.64. The van der Waals surface area contributed by atoms with E-state index in [4.69, 9.17) is 4.74 Å². The largest absolute Gasteiger partial charge is 0.380 e. The number of amides is 1. The molecular formula is C25H21BrN2O3S. The molecule has 4 aromatic rings. The molecule has 0 spiro atoms. The minimum absolute atomic E-state index is 0.0783. The molecule has 5 nitrogen and oxygen atoms in total. The summed E-state index contributed by atoms with van der Waals surface area (Å²) in [5.41, 5.74) is 2.59. The van der Waals surface area contributed by atoms with Gasteiger partial charge < -0.3 is 9.30 Å². The number of halogens is 1. The van der Waals surface area contributed by atoms with Gasteiger partial charge in [0.05, 0.1) is 16.8 Å². The normalized spacial score (nSPS) is 11.8. The molecule has 1 heterocycles. The van der Waals surface area contributed by atoms with Crippen molar-refractivity contribution in [1.82, 2.24) is 4.57 Å². The van der Waals surface area contributed by atoms with Gasteiger partial charge in [-0.1, -0.05) is 69.7 Å². The Labute approximate surface area is 198 Å². The third kappa shape index (κ3) is 4.96. The van der Waals surface area contributed by atoms with Crippen LogP contribution in [-0.2, 0) is 11.3 Å². The van der Waals surface area contributed by atoms with Crippen LogP contribution in [0, 0.1) is 0 Å². The number of rotatable bonds is 7. The zero-order chi connectivity index (χ0) is 22.5. The first kappa shape index (κ1) is 22.3. The molecule has 0 bridgehead atoms. The summed E-state index contributed by atoms with van der Waals surface area (Å²) < 4.78 is 9.52. The van der Waals surface area contributed by atoms with Crippen LogP contribution in [0.1, 0.15) is 33.2 Å². The van der Waals surface area contributed by atoms with Gasteiger partial charge in [0, 0.05) is 34.3 Å². The van der Waals surface area contributed by atoms with Crippen molar-refractivity contribution in [2.45, 2.75) is 13.5 Å². The van der Waals surface area contributed by atoms with E-state index in [-0.39, 0.29) is 11.7 Å². The number of thiazole rings is 1. The highest BCUT2D eigenvalue weighted by Gasteiger charge is 2.12. The lowest BCUT2D eigenvalue weighted by Crippen LogP contribution is -2.19. The summed E-state index contributed by atoms with van der Waals surface area (Å²) in [6, 6.07) is 21.7. The number of hydrogen-bond acceptors (Lipinski definition) is 4. The summed E-state index contributed by atoms with van der Waals surface area (Å²) in [7, 11) is 0. The quantitative estimate of drug-likeness (QED) is 0.245. The first-order valence-electron chi connectivity index (χ1n) is 10.2. The van der Waals surface area contributed by atoms with Crippen molar-refractivity contribution >= 4 is 49.2 Å². The van der Waals surface area contributed by atoms with Gasteiger partial charge in [-0.25, -0.2) is 0 Å². The number of ketones is 1. The van der Waals surface area contributed by atoms with Crippen LogP contribution in [0.3, 0.4) is 0 Å². The smallest absolute Gasteiger partial charge is 0.279 e. The Hall–Kier alpha value is -2.87. The second-order valence-corrected chi connectivity index (χ2v) is 8.96. The molecule has 1 amide bonds. The van der Waals surface area contributed by atoms with Gasteiger partial charge in [-0.2, -0.15) is 4.99 Å². The van der Waals surface area contributed by atoms with Gasteiger partial charge in [-0.3, -0.25) is 9.59 Å². The summed E-state index contributed by atoms with van der Waals surface area (Å²) in [5, 5.41) is 0. The lowest BCUT2D eigenvalue weighted by Gasteiger charge is -2.05. The second kappa shape index (κ2) is 10.2. The zero-order valence-electron chi connectivity index (χ0n) is 17.5. The average molecular weight is 509 g/mol. The van der Waals surface area contributed by atoms with Crippen molar-refractivity contribution in [1.29, 1.82) is 0 Å². The SMILES string of the molecule is CCOCCn1c(=NC(=O)c2ccc(C(=O)c3ccccc3)cc2)sc2cc(Br)ccc21. The molecule has 0 fully saturated rings. The van der Waals surface area contributed by atoms with Crippen molar-refractivity contribution in [3.63, 3.8) is 0 Å². The minimum Gasteiger partial charge on any atom is -0.380 e. The number of carbonyl (C=O) groups is 2. The van der Waals surface area contributed by atoms with Gasteiger partial charge in [0.15, 0.2) is 10.6 Å². The molecule has 1 aromatic heterocycles. The molecule has 0 saturated carbocycles. The third-order valence-electron chi connectivity index (χ3n) is 4.94. The molecule has 32 heavy (non-hydrogen) atoms. The average Bonchev–Trinajstić information content (AvgIpc) is 3.15. The van der Waals surface area contributed by atoms with E-state index < -0.39 is 0 Å². The molecule has 0 aliphatic heterocycles. The highest BCUT2D eigenvalue weighted by molar-refractivity contribution is 9.10. The highest BCUT2D eigenvalue weighted by Crippen LogP contribution is 2.22. The maximum absolute atomic E-state index is 12.9. The summed E-state index contributed by atoms with van der Waals surface area (Å²) in [4.78, 5) is 30.5. The molecule has 7 heteroatoms. The molecular weight excluding hydrogens is 488 g/mol. The van der Waals surface area contributed by atoms with E-state index in [9.17, 15) is 9.59 Å². The maximum atomic E-state index is 12.9. The predicted octanol–water partition coefficient (Wildman–Crippen LogP) is 5.47. The van der Waals surface area contributed by atoms with Crippen LogP contribution < -0.4 is 4.80 Å². The van der Waals surface area contributed by atoms with Crippen LogP contribution in [0.4, 0.5) is 0 Å². The third-order valence-corrected chi connectivity index (χ3v) is 6.47. The van der Waals surface area contributed by atoms with E-state index in [1.807, 2.05) is 47.9 Å². The summed E-state index contributed by atoms with van der Waals surface area (Å²) in [6.07, 6.45) is 0. The van der Waals surface area contributed by atoms with E-state index in [0.717, 1.165) is 14.7 Å². The molecule has 162 valence electrons. The van der Waals surface area contributed by atoms with Crippen molar-refractivity contribution < 1.29 is 14.3 Å². The molecule has 4 rings (SSSR count). The summed E-state index contributed by atoms with van der Waals surface area (Å²) >= 11 is 4.96.